The van der Waals surface area contributed by atoms with E-state index in [0.29, 0.717) is 49.9 Å². The van der Waals surface area contributed by atoms with Crippen LogP contribution in [0.2, 0.25) is 0 Å². The highest BCUT2D eigenvalue weighted by Crippen LogP contribution is 2.39. The molecule has 8 rings (SSSR count). The standard InChI is InChI=1S/C50H38F4N2O10/c51-43-20-34-15-28(26-63-42-23-37(50(52,53)54)10-8-32(42)22-45(59)60)16-38(47(34)66-43)30-9-11-41(36(17-30)25-56)65-49(61)48(64-40-7-2-1-5-31(40)21-44(57)58)35-18-33-12-13-62-46(33)39(19-35)29-6-3-4-27(14-29)24-55/h1-20,23,48H,21-22,24-26,55-56H2,(H,57,58)(H,59,60). The molecule has 1 atom stereocenters. The van der Waals surface area contributed by atoms with Crippen LogP contribution in [0.1, 0.15) is 45.0 Å². The molecular formula is C50H38F4N2O10. The molecule has 0 bridgehead atoms. The van der Waals surface area contributed by atoms with Gasteiger partial charge in [-0.3, -0.25) is 9.59 Å². The summed E-state index contributed by atoms with van der Waals surface area (Å²) in [5, 5.41) is 20.0. The third-order valence-corrected chi connectivity index (χ3v) is 10.7. The topological polar surface area (TPSA) is 198 Å². The number of fused-ring (bicyclic) bond motifs is 2. The predicted molar refractivity (Wildman–Crippen MR) is 233 cm³/mol. The van der Waals surface area contributed by atoms with Crippen molar-refractivity contribution in [3.05, 3.63) is 173 Å². The Bertz CT molecular complexity index is 3140. The molecule has 6 N–H and O–H groups in total. The predicted octanol–water partition coefficient (Wildman–Crippen LogP) is 10.1. The highest BCUT2D eigenvalue weighted by atomic mass is 19.4. The number of hydrogen-bond donors (Lipinski definition) is 4. The lowest BCUT2D eigenvalue weighted by Gasteiger charge is -2.22. The van der Waals surface area contributed by atoms with E-state index in [9.17, 15) is 42.2 Å². The Labute approximate surface area is 372 Å². The number of aliphatic carboxylic acids is 2. The van der Waals surface area contributed by atoms with Crippen LogP contribution in [-0.2, 0) is 53.1 Å². The number of carboxylic acid groups (broad SMARTS) is 2. The molecule has 2 heterocycles. The molecule has 0 radical (unpaired) electrons. The summed E-state index contributed by atoms with van der Waals surface area (Å²) < 4.78 is 85.1. The number of esters is 1. The van der Waals surface area contributed by atoms with Crippen LogP contribution in [-0.4, -0.2) is 28.1 Å². The van der Waals surface area contributed by atoms with Crippen molar-refractivity contribution in [2.45, 2.75) is 44.8 Å². The second-order valence-electron chi connectivity index (χ2n) is 15.2. The highest BCUT2D eigenvalue weighted by Gasteiger charge is 2.32. The fraction of sp³-hybridized carbons (Fsp3) is 0.140. The van der Waals surface area contributed by atoms with Crippen LogP contribution >= 0.6 is 0 Å². The van der Waals surface area contributed by atoms with Crippen LogP contribution in [0.25, 0.3) is 44.2 Å². The van der Waals surface area contributed by atoms with Crippen molar-refractivity contribution in [3.8, 4) is 39.5 Å². The lowest BCUT2D eigenvalue weighted by molar-refractivity contribution is -0.142. The largest absolute Gasteiger partial charge is 0.489 e. The van der Waals surface area contributed by atoms with Gasteiger partial charge >= 0.3 is 24.1 Å². The molecule has 0 saturated carbocycles. The third kappa shape index (κ3) is 9.74. The summed E-state index contributed by atoms with van der Waals surface area (Å²) in [5.41, 5.74) is 16.1. The van der Waals surface area contributed by atoms with Crippen molar-refractivity contribution in [2.24, 2.45) is 11.5 Å². The average Bonchev–Trinajstić information content (AvgIpc) is 3.93. The molecule has 2 aromatic heterocycles. The monoisotopic (exact) mass is 902 g/mol. The first-order chi connectivity index (χ1) is 31.7. The second kappa shape index (κ2) is 18.6. The SMILES string of the molecule is NCc1cccc(-c2cc(C(Oc3ccccc3CC(=O)O)C(=O)Oc3ccc(-c4cc(COc5cc(C(F)(F)F)ccc5CC(=O)O)cc5cc(F)oc45)cc3CN)cc3ccoc23)c1. The molecule has 336 valence electrons. The Morgan fingerprint density at radius 3 is 2.14 bits per heavy atom. The molecule has 16 heteroatoms. The van der Waals surface area contributed by atoms with Gasteiger partial charge in [-0.2, -0.15) is 17.6 Å². The van der Waals surface area contributed by atoms with E-state index in [0.717, 1.165) is 35.4 Å². The Morgan fingerprint density at radius 2 is 1.39 bits per heavy atom. The van der Waals surface area contributed by atoms with Gasteiger partial charge in [-0.1, -0.05) is 48.5 Å². The Morgan fingerprint density at radius 1 is 0.652 bits per heavy atom. The maximum absolute atomic E-state index is 14.7. The molecule has 8 aromatic rings. The van der Waals surface area contributed by atoms with Crippen LogP contribution in [0.15, 0.2) is 136 Å². The number of carbonyl (C=O) groups excluding carboxylic acids is 1. The number of nitrogens with two attached hydrogens (primary N) is 2. The zero-order valence-electron chi connectivity index (χ0n) is 34.6. The van der Waals surface area contributed by atoms with Crippen LogP contribution in [0.3, 0.4) is 0 Å². The van der Waals surface area contributed by atoms with Gasteiger partial charge in [0.1, 0.15) is 35.0 Å². The zero-order chi connectivity index (χ0) is 46.7. The minimum Gasteiger partial charge on any atom is -0.489 e. The van der Waals surface area contributed by atoms with Crippen molar-refractivity contribution >= 4 is 39.8 Å². The smallest absolute Gasteiger partial charge is 0.416 e. The summed E-state index contributed by atoms with van der Waals surface area (Å²) in [7, 11) is 0. The molecule has 0 aliphatic heterocycles. The molecule has 0 aliphatic carbocycles. The van der Waals surface area contributed by atoms with Gasteiger partial charge < -0.3 is 44.7 Å². The van der Waals surface area contributed by atoms with Crippen molar-refractivity contribution in [3.63, 3.8) is 0 Å². The number of ether oxygens (including phenoxy) is 3. The summed E-state index contributed by atoms with van der Waals surface area (Å²) in [6.45, 7) is -0.226. The maximum atomic E-state index is 14.7. The molecule has 12 nitrogen and oxygen atoms in total. The molecule has 0 spiro atoms. The van der Waals surface area contributed by atoms with Gasteiger partial charge in [-0.05, 0) is 89.0 Å². The van der Waals surface area contributed by atoms with Crippen molar-refractivity contribution in [2.75, 3.05) is 0 Å². The van der Waals surface area contributed by atoms with Gasteiger partial charge in [0.2, 0.25) is 6.10 Å². The summed E-state index contributed by atoms with van der Waals surface area (Å²) in [5.74, 6) is -3.42. The number of benzene rings is 6. The summed E-state index contributed by atoms with van der Waals surface area (Å²) in [6.07, 6.45) is -5.68. The second-order valence-corrected chi connectivity index (χ2v) is 15.2. The normalized spacial score (nSPS) is 12.0. The Hall–Kier alpha value is -7.95. The van der Waals surface area contributed by atoms with E-state index < -0.39 is 54.6 Å². The first-order valence-corrected chi connectivity index (χ1v) is 20.3. The van der Waals surface area contributed by atoms with Gasteiger partial charge in [0.05, 0.1) is 24.7 Å². The fourth-order valence-corrected chi connectivity index (χ4v) is 7.63. The number of hydrogen-bond acceptors (Lipinski definition) is 10. The average molecular weight is 903 g/mol. The minimum absolute atomic E-state index is 0.0146. The van der Waals surface area contributed by atoms with Gasteiger partial charge in [0.15, 0.2) is 0 Å². The van der Waals surface area contributed by atoms with Gasteiger partial charge in [-0.15, -0.1) is 0 Å². The molecule has 0 amide bonds. The van der Waals surface area contributed by atoms with E-state index in [-0.39, 0.29) is 53.5 Å². The number of halogens is 4. The van der Waals surface area contributed by atoms with Crippen LogP contribution in [0, 0.1) is 6.01 Å². The van der Waals surface area contributed by atoms with Crippen molar-refractivity contribution < 1.29 is 65.2 Å². The van der Waals surface area contributed by atoms with Crippen LogP contribution in [0.4, 0.5) is 17.6 Å². The molecule has 66 heavy (non-hydrogen) atoms. The minimum atomic E-state index is -4.72. The first kappa shape index (κ1) is 44.6. The molecule has 0 fully saturated rings. The number of carboxylic acids is 2. The quantitative estimate of drug-likeness (QED) is 0.0407. The maximum Gasteiger partial charge on any atom is 0.416 e. The van der Waals surface area contributed by atoms with E-state index in [1.165, 1.54) is 18.4 Å². The molecule has 0 saturated heterocycles. The summed E-state index contributed by atoms with van der Waals surface area (Å²) in [6, 6.07) is 29.5. The van der Waals surface area contributed by atoms with Gasteiger partial charge in [0, 0.05) is 63.3 Å². The summed E-state index contributed by atoms with van der Waals surface area (Å²) >= 11 is 0. The number of alkyl halides is 3. The number of para-hydroxylation sites is 1. The Balaban J connectivity index is 1.15. The molecular weight excluding hydrogens is 865 g/mol. The van der Waals surface area contributed by atoms with Gasteiger partial charge in [-0.25, -0.2) is 4.79 Å². The number of rotatable bonds is 16. The molecule has 0 aliphatic rings. The van der Waals surface area contributed by atoms with Crippen molar-refractivity contribution in [1.29, 1.82) is 0 Å². The van der Waals surface area contributed by atoms with E-state index in [4.69, 9.17) is 34.5 Å². The number of furan rings is 2. The summed E-state index contributed by atoms with van der Waals surface area (Å²) in [4.78, 5) is 37.9. The number of carbonyl (C=O) groups is 3. The van der Waals surface area contributed by atoms with Crippen LogP contribution < -0.4 is 25.7 Å². The third-order valence-electron chi connectivity index (χ3n) is 10.7. The van der Waals surface area contributed by atoms with E-state index in [1.807, 2.05) is 24.3 Å². The van der Waals surface area contributed by atoms with Gasteiger partial charge in [0.25, 0.3) is 6.01 Å². The van der Waals surface area contributed by atoms with E-state index in [1.54, 1.807) is 60.7 Å². The zero-order valence-corrected chi connectivity index (χ0v) is 34.6. The lowest BCUT2D eigenvalue weighted by atomic mass is 9.96. The van der Waals surface area contributed by atoms with E-state index in [2.05, 4.69) is 0 Å². The van der Waals surface area contributed by atoms with Crippen molar-refractivity contribution in [1.82, 2.24) is 0 Å². The fourth-order valence-electron chi connectivity index (χ4n) is 7.63. The Kier molecular flexibility index (Phi) is 12.6. The van der Waals surface area contributed by atoms with Crippen LogP contribution in [0.5, 0.6) is 17.2 Å². The lowest BCUT2D eigenvalue weighted by Crippen LogP contribution is -2.25. The van der Waals surface area contributed by atoms with E-state index >= 15 is 0 Å². The molecule has 6 aromatic carbocycles. The molecule has 1 unspecified atom stereocenters. The first-order valence-electron chi connectivity index (χ1n) is 20.3. The highest BCUT2D eigenvalue weighted by molar-refractivity contribution is 5.95.